The summed E-state index contributed by atoms with van der Waals surface area (Å²) in [7, 11) is 0. The first-order chi connectivity index (χ1) is 17.2. The predicted octanol–water partition coefficient (Wildman–Crippen LogP) is 1.69. The van der Waals surface area contributed by atoms with Crippen molar-refractivity contribution < 1.29 is 19.2 Å². The van der Waals surface area contributed by atoms with E-state index in [2.05, 4.69) is 32.0 Å². The number of imidazole rings is 1. The van der Waals surface area contributed by atoms with Crippen LogP contribution in [-0.4, -0.2) is 64.9 Å². The van der Waals surface area contributed by atoms with Gasteiger partial charge in [-0.05, 0) is 69.7 Å². The Morgan fingerprint density at radius 3 is 2.72 bits per heavy atom. The first-order valence-corrected chi connectivity index (χ1v) is 11.5. The van der Waals surface area contributed by atoms with Gasteiger partial charge in [0.25, 0.3) is 5.91 Å². The molecule has 14 nitrogen and oxygen atoms in total. The minimum absolute atomic E-state index is 0.183. The number of fused-ring (bicyclic) bond motifs is 2. The van der Waals surface area contributed by atoms with E-state index in [0.29, 0.717) is 29.3 Å². The van der Waals surface area contributed by atoms with E-state index in [1.165, 1.54) is 10.8 Å². The van der Waals surface area contributed by atoms with Crippen LogP contribution in [0.25, 0.3) is 5.69 Å². The number of nitro groups is 1. The van der Waals surface area contributed by atoms with Gasteiger partial charge in [0.05, 0.1) is 24.0 Å². The smallest absolute Gasteiger partial charge is 0.358 e. The molecule has 1 aromatic carbocycles. The molecule has 2 aliphatic rings. The molecular weight excluding hydrogens is 490 g/mol. The fourth-order valence-corrected chi connectivity index (χ4v) is 4.66. The summed E-state index contributed by atoms with van der Waals surface area (Å²) in [6, 6.07) is 5.69. The average Bonchev–Trinajstić information content (AvgIpc) is 3.51. The molecule has 2 saturated heterocycles. The largest absolute Gasteiger partial charge is 0.381 e. The number of aryl methyl sites for hydroxylation is 3. The number of benzene rings is 1. The molecule has 188 valence electrons. The van der Waals surface area contributed by atoms with Gasteiger partial charge in [0, 0.05) is 13.3 Å². The third kappa shape index (κ3) is 4.55. The van der Waals surface area contributed by atoms with Crippen LogP contribution in [-0.2, 0) is 20.8 Å². The molecule has 5 rings (SSSR count). The van der Waals surface area contributed by atoms with Crippen molar-refractivity contribution in [2.24, 2.45) is 5.10 Å². The van der Waals surface area contributed by atoms with Gasteiger partial charge >= 0.3 is 5.82 Å². The van der Waals surface area contributed by atoms with Crippen molar-refractivity contribution in [1.82, 2.24) is 34.8 Å². The van der Waals surface area contributed by atoms with Crippen molar-refractivity contribution in [3.8, 4) is 5.69 Å². The molecule has 2 fully saturated rings. The SMILES string of the molecule is Cc1cc(C)cc(-n2nnn([C@@H]3C/C(=N/NC(=O)Cn4cc([N+](=O)[O-])nc4C)[C@H]4OC[C@@H]3O4)c2=S)c1. The average molecular weight is 514 g/mol. The van der Waals surface area contributed by atoms with Gasteiger partial charge in [-0.3, -0.25) is 9.36 Å². The van der Waals surface area contributed by atoms with E-state index in [1.54, 1.807) is 16.3 Å². The Bertz CT molecular complexity index is 1420. The number of rotatable bonds is 6. The van der Waals surface area contributed by atoms with E-state index in [0.717, 1.165) is 16.8 Å². The van der Waals surface area contributed by atoms with Crippen LogP contribution in [0.3, 0.4) is 0 Å². The lowest BCUT2D eigenvalue weighted by atomic mass is 10.0. The fourth-order valence-electron chi connectivity index (χ4n) is 4.34. The molecule has 0 aliphatic carbocycles. The number of aromatic nitrogens is 6. The maximum atomic E-state index is 12.4. The molecule has 2 aromatic heterocycles. The van der Waals surface area contributed by atoms with Gasteiger partial charge in [-0.15, -0.1) is 0 Å². The maximum absolute atomic E-state index is 12.4. The molecule has 0 spiro atoms. The van der Waals surface area contributed by atoms with E-state index >= 15 is 0 Å². The van der Waals surface area contributed by atoms with E-state index in [4.69, 9.17) is 21.7 Å². The van der Waals surface area contributed by atoms with Gasteiger partial charge in [0.2, 0.25) is 10.6 Å². The highest BCUT2D eigenvalue weighted by Crippen LogP contribution is 2.33. The van der Waals surface area contributed by atoms with Crippen LogP contribution in [0, 0.1) is 35.7 Å². The minimum Gasteiger partial charge on any atom is -0.358 e. The number of nitrogens with one attached hydrogen (secondary N) is 1. The maximum Gasteiger partial charge on any atom is 0.381 e. The topological polar surface area (TPSA) is 157 Å². The molecule has 3 aromatic rings. The number of tetrazole rings is 1. The first kappa shape index (κ1) is 23.9. The Morgan fingerprint density at radius 1 is 1.28 bits per heavy atom. The number of hydrazone groups is 1. The Kier molecular flexibility index (Phi) is 6.19. The number of amides is 1. The zero-order valence-corrected chi connectivity index (χ0v) is 20.5. The van der Waals surface area contributed by atoms with Crippen LogP contribution < -0.4 is 5.43 Å². The highest BCUT2D eigenvalue weighted by Gasteiger charge is 2.44. The lowest BCUT2D eigenvalue weighted by molar-refractivity contribution is -0.389. The van der Waals surface area contributed by atoms with Crippen molar-refractivity contribution in [3.05, 3.63) is 56.2 Å². The zero-order chi connectivity index (χ0) is 25.6. The van der Waals surface area contributed by atoms with Crippen LogP contribution in [0.5, 0.6) is 0 Å². The quantitative estimate of drug-likeness (QED) is 0.294. The Morgan fingerprint density at radius 2 is 2.03 bits per heavy atom. The number of carbonyl (C=O) groups excluding carboxylic acids is 1. The predicted molar refractivity (Wildman–Crippen MR) is 127 cm³/mol. The van der Waals surface area contributed by atoms with Crippen LogP contribution in [0.4, 0.5) is 5.82 Å². The summed E-state index contributed by atoms with van der Waals surface area (Å²) in [5.74, 6) is -0.466. The standard InChI is InChI=1S/C21H23N9O5S/c1-11-4-12(2)6-14(5-11)28-21(36)29(26-25-28)16-7-15(20-34-10-17(16)35-20)23-24-19(31)9-27-8-18(30(32)33)22-13(27)3/h4-6,8,16-17,20H,7,9-10H2,1-3H3,(H,24,31)/b23-15-/t16-,17+,20+/m1/s1. The summed E-state index contributed by atoms with van der Waals surface area (Å²) in [4.78, 5) is 26.5. The van der Waals surface area contributed by atoms with Crippen LogP contribution in [0.1, 0.15) is 29.4 Å². The summed E-state index contributed by atoms with van der Waals surface area (Å²) in [5, 5.41) is 23.7. The number of hydrogen-bond acceptors (Lipinski definition) is 10. The molecule has 2 aliphatic heterocycles. The third-order valence-electron chi connectivity index (χ3n) is 5.99. The van der Waals surface area contributed by atoms with Gasteiger partial charge in [-0.1, -0.05) is 6.07 Å². The molecule has 0 radical (unpaired) electrons. The minimum atomic E-state index is -0.689. The normalized spacial score (nSPS) is 22.2. The second-order valence-corrected chi connectivity index (χ2v) is 9.11. The summed E-state index contributed by atoms with van der Waals surface area (Å²) < 4.78 is 16.6. The monoisotopic (exact) mass is 513 g/mol. The van der Waals surface area contributed by atoms with Gasteiger partial charge in [-0.2, -0.15) is 9.78 Å². The van der Waals surface area contributed by atoms with E-state index in [-0.39, 0.29) is 24.5 Å². The fraction of sp³-hybridized carbons (Fsp3) is 0.429. The highest BCUT2D eigenvalue weighted by molar-refractivity contribution is 7.71. The van der Waals surface area contributed by atoms with E-state index < -0.39 is 17.1 Å². The van der Waals surface area contributed by atoms with E-state index in [9.17, 15) is 14.9 Å². The molecule has 1 amide bonds. The molecule has 4 heterocycles. The molecule has 36 heavy (non-hydrogen) atoms. The Labute approximate surface area is 209 Å². The summed E-state index contributed by atoms with van der Waals surface area (Å²) in [6.07, 6.45) is 0.597. The molecular formula is C21H23N9O5S. The zero-order valence-electron chi connectivity index (χ0n) is 19.7. The van der Waals surface area contributed by atoms with Crippen molar-refractivity contribution in [3.63, 3.8) is 0 Å². The van der Waals surface area contributed by atoms with Crippen molar-refractivity contribution in [1.29, 1.82) is 0 Å². The van der Waals surface area contributed by atoms with Gasteiger partial charge in [0.15, 0.2) is 6.29 Å². The number of ether oxygens (including phenoxy) is 2. The van der Waals surface area contributed by atoms with E-state index in [1.807, 2.05) is 26.0 Å². The summed E-state index contributed by atoms with van der Waals surface area (Å²) in [5.41, 5.74) is 5.93. The molecule has 0 unspecified atom stereocenters. The number of carbonyl (C=O) groups is 1. The summed E-state index contributed by atoms with van der Waals surface area (Å²) >= 11 is 5.68. The highest BCUT2D eigenvalue weighted by atomic mass is 32.1. The van der Waals surface area contributed by atoms with Crippen LogP contribution >= 0.6 is 12.2 Å². The third-order valence-corrected chi connectivity index (χ3v) is 6.35. The molecule has 0 saturated carbocycles. The lowest BCUT2D eigenvalue weighted by Gasteiger charge is -2.27. The lowest BCUT2D eigenvalue weighted by Crippen LogP contribution is -2.39. The molecule has 3 atom stereocenters. The van der Waals surface area contributed by atoms with Crippen molar-refractivity contribution >= 4 is 29.7 Å². The molecule has 1 N–H and O–H groups in total. The van der Waals surface area contributed by atoms with Gasteiger partial charge in [0.1, 0.15) is 18.8 Å². The van der Waals surface area contributed by atoms with Crippen LogP contribution in [0.15, 0.2) is 29.5 Å². The number of nitrogens with zero attached hydrogens (tertiary/aromatic N) is 8. The second kappa shape index (κ2) is 9.33. The number of hydrogen-bond donors (Lipinski definition) is 1. The van der Waals surface area contributed by atoms with Crippen molar-refractivity contribution in [2.75, 3.05) is 6.61 Å². The first-order valence-electron chi connectivity index (χ1n) is 11.1. The Hall–Kier alpha value is -3.82. The van der Waals surface area contributed by atoms with Gasteiger partial charge < -0.3 is 19.6 Å². The van der Waals surface area contributed by atoms with Gasteiger partial charge in [-0.25, -0.2) is 10.1 Å². The molecule has 2 bridgehead atoms. The van der Waals surface area contributed by atoms with Crippen LogP contribution in [0.2, 0.25) is 0 Å². The molecule has 15 heteroatoms. The second-order valence-electron chi connectivity index (χ2n) is 8.74. The Balaban J connectivity index is 1.33. The van der Waals surface area contributed by atoms with Crippen molar-refractivity contribution in [2.45, 2.75) is 52.2 Å². The summed E-state index contributed by atoms with van der Waals surface area (Å²) in [6.45, 7) is 5.71.